The summed E-state index contributed by atoms with van der Waals surface area (Å²) in [6, 6.07) is 8.54. The normalized spacial score (nSPS) is 12.8. The van der Waals surface area contributed by atoms with Crippen LogP contribution in [0.5, 0.6) is 0 Å². The minimum Gasteiger partial charge on any atom is -0.398 e. The fourth-order valence-electron chi connectivity index (χ4n) is 4.27. The second-order valence-corrected chi connectivity index (χ2v) is 8.97. The summed E-state index contributed by atoms with van der Waals surface area (Å²) >= 11 is 0. The summed E-state index contributed by atoms with van der Waals surface area (Å²) in [5.74, 6) is 0. The third kappa shape index (κ3) is 4.45. The van der Waals surface area contributed by atoms with Crippen LogP contribution in [0.3, 0.4) is 0 Å². The van der Waals surface area contributed by atoms with Crippen molar-refractivity contribution in [1.82, 2.24) is 0 Å². The van der Waals surface area contributed by atoms with Crippen LogP contribution in [0.4, 0.5) is 37.7 Å². The van der Waals surface area contributed by atoms with E-state index in [2.05, 4.69) is 0 Å². The Labute approximate surface area is 194 Å². The van der Waals surface area contributed by atoms with Crippen LogP contribution < -0.4 is 11.5 Å². The molecule has 0 spiro atoms. The van der Waals surface area contributed by atoms with Crippen LogP contribution in [0.25, 0.3) is 0 Å². The average Bonchev–Trinajstić information content (AvgIpc) is 2.72. The smallest absolute Gasteiger partial charge is 0.398 e. The minimum atomic E-state index is -4.96. The van der Waals surface area contributed by atoms with E-state index in [1.165, 1.54) is 0 Å². The Balaban J connectivity index is 2.50. The van der Waals surface area contributed by atoms with Gasteiger partial charge in [-0.3, -0.25) is 0 Å². The number of halogens is 6. The van der Waals surface area contributed by atoms with Gasteiger partial charge < -0.3 is 11.5 Å². The molecule has 0 saturated carbocycles. The number of aryl methyl sites for hydroxylation is 4. The zero-order chi connectivity index (χ0) is 25.8. The second kappa shape index (κ2) is 8.25. The number of hydrogen-bond donors (Lipinski definition) is 2. The Bertz CT molecular complexity index is 1120. The summed E-state index contributed by atoms with van der Waals surface area (Å²) in [5, 5.41) is 0. The quantitative estimate of drug-likeness (QED) is 0.232. The number of nitrogens with two attached hydrogens (primary N) is 2. The van der Waals surface area contributed by atoms with E-state index in [0.29, 0.717) is 44.8 Å². The minimum absolute atomic E-state index is 0.137. The standard InChI is InChI=1S/C26H26F6N2/c1-13-6-17(7-14(2)22(13)33)24(5,18-8-15(3)23(34)16(4)9-18)19-10-20(25(27,28)29)12-21(11-19)26(30,31)32/h6-12H,33-34H2,1-5H3. The van der Waals surface area contributed by atoms with E-state index in [1.807, 2.05) is 0 Å². The molecule has 8 heteroatoms. The molecular formula is C26H26F6N2. The van der Waals surface area contributed by atoms with Crippen molar-refractivity contribution in [3.63, 3.8) is 0 Å². The third-order valence-corrected chi connectivity index (χ3v) is 6.51. The highest BCUT2D eigenvalue weighted by molar-refractivity contribution is 5.63. The van der Waals surface area contributed by atoms with Crippen molar-refractivity contribution >= 4 is 11.4 Å². The van der Waals surface area contributed by atoms with Crippen molar-refractivity contribution in [3.8, 4) is 0 Å². The highest BCUT2D eigenvalue weighted by Crippen LogP contribution is 2.45. The summed E-state index contributed by atoms with van der Waals surface area (Å²) in [6.07, 6.45) is -9.92. The first-order chi connectivity index (χ1) is 15.5. The molecule has 0 heterocycles. The highest BCUT2D eigenvalue weighted by atomic mass is 19.4. The molecule has 0 unspecified atom stereocenters. The van der Waals surface area contributed by atoms with Crippen molar-refractivity contribution < 1.29 is 26.3 Å². The van der Waals surface area contributed by atoms with Gasteiger partial charge in [0.25, 0.3) is 0 Å². The van der Waals surface area contributed by atoms with E-state index >= 15 is 0 Å². The number of alkyl halides is 6. The number of anilines is 2. The first-order valence-corrected chi connectivity index (χ1v) is 10.5. The highest BCUT2D eigenvalue weighted by Gasteiger charge is 2.41. The Kier molecular flexibility index (Phi) is 6.18. The molecule has 3 aromatic carbocycles. The topological polar surface area (TPSA) is 52.0 Å². The predicted octanol–water partition coefficient (Wildman–Crippen LogP) is 7.48. The van der Waals surface area contributed by atoms with E-state index in [0.717, 1.165) is 12.1 Å². The maximum absolute atomic E-state index is 13.7. The van der Waals surface area contributed by atoms with Crippen molar-refractivity contribution in [2.24, 2.45) is 0 Å². The number of rotatable bonds is 3. The van der Waals surface area contributed by atoms with Gasteiger partial charge in [0.1, 0.15) is 0 Å². The Hall–Kier alpha value is -3.16. The van der Waals surface area contributed by atoms with Gasteiger partial charge in [-0.15, -0.1) is 0 Å². The zero-order valence-corrected chi connectivity index (χ0v) is 19.5. The van der Waals surface area contributed by atoms with E-state index < -0.39 is 28.9 Å². The summed E-state index contributed by atoms with van der Waals surface area (Å²) in [6.45, 7) is 8.62. The van der Waals surface area contributed by atoms with Crippen LogP contribution in [0, 0.1) is 27.7 Å². The molecule has 34 heavy (non-hydrogen) atoms. The lowest BCUT2D eigenvalue weighted by Crippen LogP contribution is -2.28. The molecule has 0 fully saturated rings. The van der Waals surface area contributed by atoms with E-state index in [4.69, 9.17) is 11.5 Å². The lowest BCUT2D eigenvalue weighted by molar-refractivity contribution is -0.143. The molecular weight excluding hydrogens is 454 g/mol. The van der Waals surface area contributed by atoms with Gasteiger partial charge in [-0.1, -0.05) is 24.3 Å². The summed E-state index contributed by atoms with van der Waals surface area (Å²) in [5.41, 5.74) is 12.7. The molecule has 0 saturated heterocycles. The van der Waals surface area contributed by atoms with Crippen LogP contribution in [-0.2, 0) is 17.8 Å². The molecule has 0 aromatic heterocycles. The maximum atomic E-state index is 13.7. The molecule has 0 atom stereocenters. The molecule has 0 aliphatic carbocycles. The van der Waals surface area contributed by atoms with Crippen molar-refractivity contribution in [2.75, 3.05) is 11.5 Å². The Morgan fingerprint density at radius 2 is 0.706 bits per heavy atom. The lowest BCUT2D eigenvalue weighted by Gasteiger charge is -2.34. The molecule has 2 nitrogen and oxygen atoms in total. The molecule has 0 radical (unpaired) electrons. The number of benzene rings is 3. The summed E-state index contributed by atoms with van der Waals surface area (Å²) in [4.78, 5) is 0. The number of hydrogen-bond acceptors (Lipinski definition) is 2. The van der Waals surface area contributed by atoms with Gasteiger partial charge in [-0.2, -0.15) is 26.3 Å². The monoisotopic (exact) mass is 480 g/mol. The maximum Gasteiger partial charge on any atom is 0.416 e. The molecule has 0 bridgehead atoms. The molecule has 3 aromatic rings. The molecule has 4 N–H and O–H groups in total. The van der Waals surface area contributed by atoms with Crippen LogP contribution in [0.15, 0.2) is 42.5 Å². The third-order valence-electron chi connectivity index (χ3n) is 6.51. The molecule has 0 amide bonds. The van der Waals surface area contributed by atoms with E-state index in [1.54, 1.807) is 58.9 Å². The average molecular weight is 480 g/mol. The first kappa shape index (κ1) is 25.5. The number of nitrogen functional groups attached to an aromatic ring is 2. The first-order valence-electron chi connectivity index (χ1n) is 10.5. The van der Waals surface area contributed by atoms with Crippen molar-refractivity contribution in [1.29, 1.82) is 0 Å². The summed E-state index contributed by atoms with van der Waals surface area (Å²) < 4.78 is 82.1. The van der Waals surface area contributed by atoms with Gasteiger partial charge >= 0.3 is 12.4 Å². The Morgan fingerprint density at radius 3 is 0.971 bits per heavy atom. The fourth-order valence-corrected chi connectivity index (χ4v) is 4.27. The van der Waals surface area contributed by atoms with E-state index in [-0.39, 0.29) is 11.6 Å². The van der Waals surface area contributed by atoms with Crippen LogP contribution in [0.1, 0.15) is 57.0 Å². The van der Waals surface area contributed by atoms with Crippen molar-refractivity contribution in [3.05, 3.63) is 92.5 Å². The molecule has 182 valence electrons. The van der Waals surface area contributed by atoms with E-state index in [9.17, 15) is 26.3 Å². The fraction of sp³-hybridized carbons (Fsp3) is 0.308. The van der Waals surface area contributed by atoms with Crippen LogP contribution >= 0.6 is 0 Å². The zero-order valence-electron chi connectivity index (χ0n) is 19.5. The van der Waals surface area contributed by atoms with Crippen molar-refractivity contribution in [2.45, 2.75) is 52.4 Å². The lowest BCUT2D eigenvalue weighted by atomic mass is 9.69. The Morgan fingerprint density at radius 1 is 0.471 bits per heavy atom. The van der Waals surface area contributed by atoms with Crippen LogP contribution in [0.2, 0.25) is 0 Å². The SMILES string of the molecule is Cc1cc(C(C)(c2cc(C(F)(F)F)cc(C(F)(F)F)c2)c2cc(C)c(N)c(C)c2)cc(C)c1N. The molecule has 0 aliphatic rings. The van der Waals surface area contributed by atoms with Gasteiger partial charge in [0.05, 0.1) is 11.1 Å². The van der Waals surface area contributed by atoms with Gasteiger partial charge in [-0.05, 0) is 91.8 Å². The predicted molar refractivity (Wildman–Crippen MR) is 123 cm³/mol. The molecule has 3 rings (SSSR count). The van der Waals surface area contributed by atoms with Gasteiger partial charge in [0.15, 0.2) is 0 Å². The largest absolute Gasteiger partial charge is 0.416 e. The van der Waals surface area contributed by atoms with Crippen LogP contribution in [-0.4, -0.2) is 0 Å². The molecule has 0 aliphatic heterocycles. The van der Waals surface area contributed by atoms with Gasteiger partial charge in [0.2, 0.25) is 0 Å². The summed E-state index contributed by atoms with van der Waals surface area (Å²) in [7, 11) is 0. The van der Waals surface area contributed by atoms with Gasteiger partial charge in [-0.25, -0.2) is 0 Å². The second-order valence-electron chi connectivity index (χ2n) is 8.97. The van der Waals surface area contributed by atoms with Gasteiger partial charge in [0, 0.05) is 16.8 Å².